The van der Waals surface area contributed by atoms with Gasteiger partial charge in [0, 0.05) is 11.1 Å². The molecule has 0 radical (unpaired) electrons. The number of thioether (sulfide) groups is 1. The van der Waals surface area contributed by atoms with Crippen LogP contribution in [0.1, 0.15) is 12.5 Å². The molecule has 2 nitrogen and oxygen atoms in total. The highest BCUT2D eigenvalue weighted by atomic mass is 32.2. The molecule has 0 saturated carbocycles. The lowest BCUT2D eigenvalue weighted by atomic mass is 10.2. The predicted molar refractivity (Wildman–Crippen MR) is 56.7 cm³/mol. The molecule has 0 fully saturated rings. The van der Waals surface area contributed by atoms with E-state index in [0.717, 1.165) is 15.5 Å². The van der Waals surface area contributed by atoms with Gasteiger partial charge in [-0.1, -0.05) is 30.3 Å². The SMILES string of the molecule is CC1SC(c2ccccc2)=CN1[O-]. The van der Waals surface area contributed by atoms with Crippen LogP contribution in [0.25, 0.3) is 4.91 Å². The van der Waals surface area contributed by atoms with Gasteiger partial charge >= 0.3 is 0 Å². The summed E-state index contributed by atoms with van der Waals surface area (Å²) < 4.78 is 0. The van der Waals surface area contributed by atoms with Crippen LogP contribution in [-0.4, -0.2) is 10.4 Å². The average Bonchev–Trinajstić information content (AvgIpc) is 2.49. The Kier molecular flexibility index (Phi) is 2.29. The van der Waals surface area contributed by atoms with Crippen LogP contribution in [0.2, 0.25) is 0 Å². The summed E-state index contributed by atoms with van der Waals surface area (Å²) >= 11 is 1.60. The minimum atomic E-state index is 0.00945. The predicted octanol–water partition coefficient (Wildman–Crippen LogP) is 2.88. The van der Waals surface area contributed by atoms with Gasteiger partial charge in [-0.3, -0.25) is 0 Å². The van der Waals surface area contributed by atoms with Gasteiger partial charge in [0.25, 0.3) is 0 Å². The molecule has 1 aromatic rings. The van der Waals surface area contributed by atoms with Gasteiger partial charge in [0.05, 0.1) is 5.37 Å². The molecule has 1 aromatic carbocycles. The minimum absolute atomic E-state index is 0.00945. The zero-order chi connectivity index (χ0) is 9.26. The largest absolute Gasteiger partial charge is 0.758 e. The quantitative estimate of drug-likeness (QED) is 0.684. The van der Waals surface area contributed by atoms with Gasteiger partial charge in [0.1, 0.15) is 0 Å². The van der Waals surface area contributed by atoms with E-state index < -0.39 is 0 Å². The second-order valence-corrected chi connectivity index (χ2v) is 4.29. The molecule has 0 saturated heterocycles. The van der Waals surface area contributed by atoms with Crippen LogP contribution in [0.3, 0.4) is 0 Å². The summed E-state index contributed by atoms with van der Waals surface area (Å²) in [6, 6.07) is 9.97. The molecule has 68 valence electrons. The van der Waals surface area contributed by atoms with Crippen molar-refractivity contribution in [1.82, 2.24) is 5.06 Å². The molecule has 0 amide bonds. The molecule has 0 bridgehead atoms. The Morgan fingerprint density at radius 3 is 2.54 bits per heavy atom. The van der Waals surface area contributed by atoms with E-state index in [-0.39, 0.29) is 5.37 Å². The lowest BCUT2D eigenvalue weighted by Gasteiger charge is -2.26. The Labute approximate surface area is 81.8 Å². The minimum Gasteiger partial charge on any atom is -0.758 e. The molecular weight excluding hydrogens is 182 g/mol. The standard InChI is InChI=1S/C10H10NOS/c1-8-11(12)7-10(13-8)9-5-3-2-4-6-9/h2-8H,1H3/q-1. The summed E-state index contributed by atoms with van der Waals surface area (Å²) in [6.45, 7) is 1.91. The van der Waals surface area contributed by atoms with Crippen molar-refractivity contribution in [3.63, 3.8) is 0 Å². The molecule has 3 heteroatoms. The number of hydrogen-bond donors (Lipinski definition) is 0. The first-order valence-electron chi connectivity index (χ1n) is 4.17. The molecule has 1 heterocycles. The molecule has 13 heavy (non-hydrogen) atoms. The monoisotopic (exact) mass is 192 g/mol. The second kappa shape index (κ2) is 3.44. The van der Waals surface area contributed by atoms with E-state index in [2.05, 4.69) is 0 Å². The molecule has 1 unspecified atom stereocenters. The van der Waals surface area contributed by atoms with Crippen LogP contribution >= 0.6 is 11.8 Å². The van der Waals surface area contributed by atoms with Crippen molar-refractivity contribution in [2.45, 2.75) is 12.3 Å². The third-order valence-corrected chi connectivity index (χ3v) is 3.10. The molecule has 0 aromatic heterocycles. The molecule has 2 rings (SSSR count). The maximum Gasteiger partial charge on any atom is 0.0660 e. The molecular formula is C10H10NOS-. The van der Waals surface area contributed by atoms with Crippen molar-refractivity contribution in [3.8, 4) is 0 Å². The summed E-state index contributed by atoms with van der Waals surface area (Å²) in [5.41, 5.74) is 1.12. The maximum absolute atomic E-state index is 11.2. The molecule has 1 aliphatic rings. The smallest absolute Gasteiger partial charge is 0.0660 e. The van der Waals surface area contributed by atoms with Crippen molar-refractivity contribution < 1.29 is 0 Å². The first-order valence-corrected chi connectivity index (χ1v) is 5.05. The average molecular weight is 192 g/mol. The molecule has 1 aliphatic heterocycles. The summed E-state index contributed by atoms with van der Waals surface area (Å²) in [6.07, 6.45) is 1.66. The van der Waals surface area contributed by atoms with E-state index in [0.29, 0.717) is 0 Å². The number of hydroxylamine groups is 2. The topological polar surface area (TPSA) is 26.3 Å². The van der Waals surface area contributed by atoms with Gasteiger partial charge in [-0.15, -0.1) is 11.8 Å². The second-order valence-electron chi connectivity index (χ2n) is 2.94. The van der Waals surface area contributed by atoms with Gasteiger partial charge in [-0.05, 0) is 12.5 Å². The number of hydrogen-bond acceptors (Lipinski definition) is 3. The maximum atomic E-state index is 11.2. The van der Waals surface area contributed by atoms with E-state index in [1.54, 1.807) is 18.0 Å². The van der Waals surface area contributed by atoms with Crippen molar-refractivity contribution in [2.75, 3.05) is 0 Å². The van der Waals surface area contributed by atoms with Gasteiger partial charge < -0.3 is 10.3 Å². The third kappa shape index (κ3) is 1.71. The highest BCUT2D eigenvalue weighted by molar-refractivity contribution is 8.09. The van der Waals surface area contributed by atoms with Crippen molar-refractivity contribution in [2.24, 2.45) is 0 Å². The number of rotatable bonds is 1. The van der Waals surface area contributed by atoms with Crippen molar-refractivity contribution >= 4 is 16.7 Å². The normalized spacial score (nSPS) is 21.8. The van der Waals surface area contributed by atoms with Gasteiger partial charge in [-0.2, -0.15) is 0 Å². The summed E-state index contributed by atoms with van der Waals surface area (Å²) in [7, 11) is 0. The number of nitrogens with zero attached hydrogens (tertiary/aromatic N) is 1. The Hall–Kier alpha value is -0.930. The van der Waals surface area contributed by atoms with E-state index >= 15 is 0 Å². The van der Waals surface area contributed by atoms with Crippen LogP contribution in [0, 0.1) is 5.21 Å². The number of benzene rings is 1. The fourth-order valence-electron chi connectivity index (χ4n) is 1.23. The Morgan fingerprint density at radius 1 is 1.31 bits per heavy atom. The molecule has 1 atom stereocenters. The van der Waals surface area contributed by atoms with Crippen LogP contribution < -0.4 is 0 Å². The van der Waals surface area contributed by atoms with Gasteiger partial charge in [-0.25, -0.2) is 0 Å². The fourth-order valence-corrected chi connectivity index (χ4v) is 2.20. The van der Waals surface area contributed by atoms with E-state index in [1.807, 2.05) is 37.3 Å². The Morgan fingerprint density at radius 2 is 2.00 bits per heavy atom. The van der Waals surface area contributed by atoms with Crippen LogP contribution in [-0.2, 0) is 0 Å². The first kappa shape index (κ1) is 8.66. The van der Waals surface area contributed by atoms with E-state index in [9.17, 15) is 5.21 Å². The fraction of sp³-hybridized carbons (Fsp3) is 0.200. The van der Waals surface area contributed by atoms with Crippen LogP contribution in [0.4, 0.5) is 0 Å². The molecule has 0 aliphatic carbocycles. The summed E-state index contributed by atoms with van der Waals surface area (Å²) in [5.74, 6) is 0. The van der Waals surface area contributed by atoms with Crippen LogP contribution in [0.5, 0.6) is 0 Å². The van der Waals surface area contributed by atoms with E-state index in [4.69, 9.17) is 0 Å². The highest BCUT2D eigenvalue weighted by Gasteiger charge is 2.15. The van der Waals surface area contributed by atoms with E-state index in [1.165, 1.54) is 0 Å². The first-order chi connectivity index (χ1) is 6.27. The lowest BCUT2D eigenvalue weighted by Crippen LogP contribution is -2.12. The summed E-state index contributed by atoms with van der Waals surface area (Å²) in [4.78, 5) is 1.06. The van der Waals surface area contributed by atoms with Crippen molar-refractivity contribution in [1.29, 1.82) is 0 Å². The Balaban J connectivity index is 2.25. The van der Waals surface area contributed by atoms with Crippen LogP contribution in [0.15, 0.2) is 36.5 Å². The third-order valence-electron chi connectivity index (χ3n) is 1.96. The zero-order valence-corrected chi connectivity index (χ0v) is 8.12. The van der Waals surface area contributed by atoms with Gasteiger partial charge in [0.15, 0.2) is 0 Å². The Bertz CT molecular complexity index is 323. The summed E-state index contributed by atoms with van der Waals surface area (Å²) in [5, 5.41) is 12.2. The molecule has 0 spiro atoms. The lowest BCUT2D eigenvalue weighted by molar-refractivity contribution is 0.514. The highest BCUT2D eigenvalue weighted by Crippen LogP contribution is 2.38. The zero-order valence-electron chi connectivity index (χ0n) is 7.31. The van der Waals surface area contributed by atoms with Gasteiger partial charge in [0.2, 0.25) is 0 Å². The molecule has 0 N–H and O–H groups in total. The van der Waals surface area contributed by atoms with Crippen molar-refractivity contribution in [3.05, 3.63) is 47.3 Å².